The molecule has 6 heteroatoms. The molecule has 0 saturated carbocycles. The second-order valence-electron chi connectivity index (χ2n) is 3.27. The van der Waals surface area contributed by atoms with Crippen molar-refractivity contribution < 1.29 is 8.42 Å². The summed E-state index contributed by atoms with van der Waals surface area (Å²) in [6, 6.07) is 8.17. The number of anilines is 1. The minimum atomic E-state index is -3.58. The highest BCUT2D eigenvalue weighted by Gasteiger charge is 2.22. The van der Waals surface area contributed by atoms with E-state index in [1.807, 2.05) is 6.07 Å². The van der Waals surface area contributed by atoms with Gasteiger partial charge in [0, 0.05) is 20.0 Å². The van der Waals surface area contributed by atoms with Gasteiger partial charge in [0.25, 0.3) is 0 Å². The van der Waals surface area contributed by atoms with Gasteiger partial charge in [-0.3, -0.25) is 0 Å². The molecule has 0 heterocycles. The first-order chi connectivity index (χ1) is 7.50. The van der Waals surface area contributed by atoms with Gasteiger partial charge in [0.05, 0.1) is 11.8 Å². The predicted molar refractivity (Wildman–Crippen MR) is 60.9 cm³/mol. The van der Waals surface area contributed by atoms with E-state index in [1.54, 1.807) is 12.1 Å². The lowest BCUT2D eigenvalue weighted by atomic mass is 10.3. The van der Waals surface area contributed by atoms with Gasteiger partial charge in [-0.25, -0.2) is 8.42 Å². The molecule has 0 atom stereocenters. The van der Waals surface area contributed by atoms with Crippen molar-refractivity contribution in [3.8, 4) is 6.07 Å². The number of hydrogen-bond donors (Lipinski definition) is 1. The average molecular weight is 239 g/mol. The lowest BCUT2D eigenvalue weighted by Gasteiger charge is -2.16. The van der Waals surface area contributed by atoms with Crippen LogP contribution in [0.2, 0.25) is 0 Å². The van der Waals surface area contributed by atoms with Gasteiger partial charge >= 0.3 is 0 Å². The molecule has 0 aliphatic rings. The molecular weight excluding hydrogens is 226 g/mol. The summed E-state index contributed by atoms with van der Waals surface area (Å²) in [6.07, 6.45) is 0.155. The molecule has 1 rings (SSSR count). The van der Waals surface area contributed by atoms with Crippen molar-refractivity contribution in [3.05, 3.63) is 24.3 Å². The van der Waals surface area contributed by atoms with E-state index in [9.17, 15) is 8.42 Å². The van der Waals surface area contributed by atoms with Gasteiger partial charge in [0.1, 0.15) is 4.90 Å². The normalized spacial score (nSPS) is 11.3. The first-order valence-corrected chi connectivity index (χ1v) is 6.12. The zero-order valence-electron chi connectivity index (χ0n) is 8.92. The van der Waals surface area contributed by atoms with Gasteiger partial charge in [-0.05, 0) is 12.1 Å². The van der Waals surface area contributed by atoms with Gasteiger partial charge in [-0.1, -0.05) is 12.1 Å². The first kappa shape index (κ1) is 12.5. The lowest BCUT2D eigenvalue weighted by molar-refractivity contribution is 0.477. The molecule has 0 aliphatic heterocycles. The Bertz CT molecular complexity index is 505. The van der Waals surface area contributed by atoms with Crippen molar-refractivity contribution in [3.63, 3.8) is 0 Å². The fourth-order valence-corrected chi connectivity index (χ4v) is 2.49. The van der Waals surface area contributed by atoms with Crippen LogP contribution in [-0.2, 0) is 10.0 Å². The molecular formula is C10H13N3O2S. The minimum Gasteiger partial charge on any atom is -0.398 e. The van der Waals surface area contributed by atoms with Gasteiger partial charge < -0.3 is 5.73 Å². The maximum absolute atomic E-state index is 12.0. The van der Waals surface area contributed by atoms with Crippen molar-refractivity contribution >= 4 is 15.7 Å². The Morgan fingerprint density at radius 1 is 1.44 bits per heavy atom. The molecule has 0 radical (unpaired) electrons. The van der Waals surface area contributed by atoms with Crippen LogP contribution in [0, 0.1) is 11.3 Å². The highest BCUT2D eigenvalue weighted by Crippen LogP contribution is 2.20. The van der Waals surface area contributed by atoms with Crippen molar-refractivity contribution in [2.24, 2.45) is 0 Å². The van der Waals surface area contributed by atoms with Crippen molar-refractivity contribution in [1.29, 1.82) is 5.26 Å². The molecule has 1 aromatic rings. The van der Waals surface area contributed by atoms with Crippen LogP contribution in [0.15, 0.2) is 29.2 Å². The summed E-state index contributed by atoms with van der Waals surface area (Å²) in [5, 5.41) is 8.41. The van der Waals surface area contributed by atoms with Crippen LogP contribution in [0.3, 0.4) is 0 Å². The molecule has 16 heavy (non-hydrogen) atoms. The van der Waals surface area contributed by atoms with Crippen LogP contribution in [0.1, 0.15) is 6.42 Å². The van der Waals surface area contributed by atoms with E-state index < -0.39 is 10.0 Å². The van der Waals surface area contributed by atoms with E-state index in [0.29, 0.717) is 0 Å². The molecule has 0 spiro atoms. The van der Waals surface area contributed by atoms with Gasteiger partial charge in [-0.15, -0.1) is 0 Å². The fraction of sp³-hybridized carbons (Fsp3) is 0.300. The van der Waals surface area contributed by atoms with Crippen molar-refractivity contribution in [2.45, 2.75) is 11.3 Å². The summed E-state index contributed by atoms with van der Waals surface area (Å²) >= 11 is 0. The van der Waals surface area contributed by atoms with Crippen LogP contribution in [0.4, 0.5) is 5.69 Å². The molecule has 0 fully saturated rings. The largest absolute Gasteiger partial charge is 0.398 e. The monoisotopic (exact) mass is 239 g/mol. The number of rotatable bonds is 4. The highest BCUT2D eigenvalue weighted by molar-refractivity contribution is 7.89. The predicted octanol–water partition coefficient (Wildman–Crippen LogP) is 0.803. The fourth-order valence-electron chi connectivity index (χ4n) is 1.21. The maximum atomic E-state index is 12.0. The molecule has 1 aromatic carbocycles. The Kier molecular flexibility index (Phi) is 3.88. The smallest absolute Gasteiger partial charge is 0.244 e. The molecule has 0 saturated heterocycles. The van der Waals surface area contributed by atoms with E-state index in [-0.39, 0.29) is 23.5 Å². The van der Waals surface area contributed by atoms with E-state index in [1.165, 1.54) is 19.2 Å². The Hall–Kier alpha value is -1.58. The second kappa shape index (κ2) is 4.96. The standard InChI is InChI=1S/C10H13N3O2S/c1-13(8-4-7-11)16(14,15)10-6-3-2-5-9(10)12/h2-3,5-6H,4,8,12H2,1H3. The summed E-state index contributed by atoms with van der Waals surface area (Å²) < 4.78 is 25.1. The van der Waals surface area contributed by atoms with E-state index in [2.05, 4.69) is 0 Å². The number of hydrogen-bond acceptors (Lipinski definition) is 4. The van der Waals surface area contributed by atoms with Gasteiger partial charge in [-0.2, -0.15) is 9.57 Å². The molecule has 0 amide bonds. The molecule has 5 nitrogen and oxygen atoms in total. The van der Waals surface area contributed by atoms with Gasteiger partial charge in [0.2, 0.25) is 10.0 Å². The first-order valence-electron chi connectivity index (χ1n) is 4.68. The highest BCUT2D eigenvalue weighted by atomic mass is 32.2. The zero-order chi connectivity index (χ0) is 12.2. The van der Waals surface area contributed by atoms with Crippen LogP contribution < -0.4 is 5.73 Å². The maximum Gasteiger partial charge on any atom is 0.244 e. The molecule has 86 valence electrons. The summed E-state index contributed by atoms with van der Waals surface area (Å²) in [4.78, 5) is 0.0791. The quantitative estimate of drug-likeness (QED) is 0.787. The number of sulfonamides is 1. The Balaban J connectivity index is 3.04. The minimum absolute atomic E-state index is 0.0791. The third kappa shape index (κ3) is 2.51. The van der Waals surface area contributed by atoms with E-state index >= 15 is 0 Å². The second-order valence-corrected chi connectivity index (χ2v) is 5.29. The topological polar surface area (TPSA) is 87.2 Å². The Morgan fingerprint density at radius 2 is 2.06 bits per heavy atom. The summed E-state index contributed by atoms with van der Waals surface area (Å²) in [7, 11) is -2.15. The Labute approximate surface area is 95.1 Å². The van der Waals surface area contributed by atoms with Crippen LogP contribution in [-0.4, -0.2) is 26.3 Å². The molecule has 0 aliphatic carbocycles. The molecule has 0 bridgehead atoms. The van der Waals surface area contributed by atoms with Crippen molar-refractivity contribution in [2.75, 3.05) is 19.3 Å². The lowest BCUT2D eigenvalue weighted by Crippen LogP contribution is -2.28. The number of nitrogens with zero attached hydrogens (tertiary/aromatic N) is 2. The summed E-state index contributed by atoms with van der Waals surface area (Å²) in [5.41, 5.74) is 5.82. The van der Waals surface area contributed by atoms with Gasteiger partial charge in [0.15, 0.2) is 0 Å². The number of nitriles is 1. The average Bonchev–Trinajstić information content (AvgIpc) is 2.26. The third-order valence-corrected chi connectivity index (χ3v) is 4.08. The van der Waals surface area contributed by atoms with Crippen LogP contribution in [0.5, 0.6) is 0 Å². The number of benzene rings is 1. The van der Waals surface area contributed by atoms with Crippen LogP contribution >= 0.6 is 0 Å². The molecule has 0 unspecified atom stereocenters. The van der Waals surface area contributed by atoms with Crippen molar-refractivity contribution in [1.82, 2.24) is 4.31 Å². The van der Waals surface area contributed by atoms with E-state index in [0.717, 1.165) is 4.31 Å². The number of nitrogen functional groups attached to an aromatic ring is 1. The van der Waals surface area contributed by atoms with E-state index in [4.69, 9.17) is 11.0 Å². The number of para-hydroxylation sites is 1. The molecule has 2 N–H and O–H groups in total. The Morgan fingerprint density at radius 3 is 2.62 bits per heavy atom. The third-order valence-electron chi connectivity index (χ3n) is 2.15. The summed E-state index contributed by atoms with van der Waals surface area (Å²) in [6.45, 7) is 0.160. The summed E-state index contributed by atoms with van der Waals surface area (Å²) in [5.74, 6) is 0. The van der Waals surface area contributed by atoms with Crippen LogP contribution in [0.25, 0.3) is 0 Å². The SMILES string of the molecule is CN(CCC#N)S(=O)(=O)c1ccccc1N. The molecule has 0 aromatic heterocycles. The number of nitrogens with two attached hydrogens (primary N) is 1. The zero-order valence-corrected chi connectivity index (χ0v) is 9.74.